The fourth-order valence-corrected chi connectivity index (χ4v) is 3.23. The summed E-state index contributed by atoms with van der Waals surface area (Å²) in [5.41, 5.74) is 0.945. The number of benzene rings is 1. The Bertz CT molecular complexity index is 835. The van der Waals surface area contributed by atoms with Gasteiger partial charge in [0.25, 0.3) is 5.91 Å². The Morgan fingerprint density at radius 3 is 2.96 bits per heavy atom. The minimum Gasteiger partial charge on any atom is -0.493 e. The molecule has 2 aromatic rings. The number of nitrogens with zero attached hydrogens (tertiary/aromatic N) is 1. The van der Waals surface area contributed by atoms with Gasteiger partial charge in [-0.25, -0.2) is 9.78 Å². The Morgan fingerprint density at radius 2 is 2.15 bits per heavy atom. The molecular formula is C17H17N3O5S. The molecule has 1 aromatic carbocycles. The highest BCUT2D eigenvalue weighted by Crippen LogP contribution is 2.31. The number of ether oxygens (including phenoxy) is 2. The largest absolute Gasteiger partial charge is 0.493 e. The highest BCUT2D eigenvalue weighted by Gasteiger charge is 2.23. The topological polar surface area (TPSA) is 107 Å². The maximum atomic E-state index is 12.1. The number of aromatic nitrogens is 1. The molecule has 0 bridgehead atoms. The average molecular weight is 375 g/mol. The molecule has 1 aliphatic heterocycles. The smallest absolute Gasteiger partial charge is 0.358 e. The zero-order valence-corrected chi connectivity index (χ0v) is 14.8. The second-order valence-corrected chi connectivity index (χ2v) is 6.45. The summed E-state index contributed by atoms with van der Waals surface area (Å²) in [6.45, 7) is 1.44. The van der Waals surface area contributed by atoms with Crippen molar-refractivity contribution in [3.63, 3.8) is 0 Å². The van der Waals surface area contributed by atoms with E-state index in [1.807, 2.05) is 24.3 Å². The van der Waals surface area contributed by atoms with E-state index in [1.165, 1.54) is 12.3 Å². The number of rotatable bonds is 5. The van der Waals surface area contributed by atoms with Gasteiger partial charge in [-0.1, -0.05) is 18.2 Å². The van der Waals surface area contributed by atoms with Crippen LogP contribution in [0.4, 0.5) is 5.13 Å². The molecular weight excluding hydrogens is 358 g/mol. The van der Waals surface area contributed by atoms with Crippen LogP contribution >= 0.6 is 11.3 Å². The number of carbonyl (C=O) groups excluding carboxylic acids is 3. The highest BCUT2D eigenvalue weighted by atomic mass is 32.1. The van der Waals surface area contributed by atoms with Crippen molar-refractivity contribution in [1.82, 2.24) is 10.3 Å². The second-order valence-electron chi connectivity index (χ2n) is 5.59. The first-order valence-electron chi connectivity index (χ1n) is 7.94. The van der Waals surface area contributed by atoms with Crippen molar-refractivity contribution < 1.29 is 23.9 Å². The van der Waals surface area contributed by atoms with Gasteiger partial charge in [0.15, 0.2) is 17.4 Å². The van der Waals surface area contributed by atoms with Crippen molar-refractivity contribution in [1.29, 1.82) is 0 Å². The molecule has 8 nitrogen and oxygen atoms in total. The lowest BCUT2D eigenvalue weighted by Gasteiger charge is -2.26. The SMILES string of the molecule is CC(=O)Nc1nc(C(=O)OCC(=O)NC2CCOc3ccccc32)cs1. The molecule has 136 valence electrons. The van der Waals surface area contributed by atoms with E-state index in [1.54, 1.807) is 0 Å². The Hall–Kier alpha value is -2.94. The summed E-state index contributed by atoms with van der Waals surface area (Å²) < 4.78 is 10.5. The van der Waals surface area contributed by atoms with E-state index >= 15 is 0 Å². The fourth-order valence-electron chi connectivity index (χ4n) is 2.51. The molecule has 2 heterocycles. The summed E-state index contributed by atoms with van der Waals surface area (Å²) in [6, 6.07) is 7.30. The molecule has 0 radical (unpaired) electrons. The van der Waals surface area contributed by atoms with Crippen LogP contribution in [0.25, 0.3) is 0 Å². The molecule has 9 heteroatoms. The molecule has 0 spiro atoms. The van der Waals surface area contributed by atoms with Crippen LogP contribution < -0.4 is 15.4 Å². The van der Waals surface area contributed by atoms with Gasteiger partial charge in [0.2, 0.25) is 5.91 Å². The van der Waals surface area contributed by atoms with E-state index in [-0.39, 0.29) is 17.6 Å². The van der Waals surface area contributed by atoms with Gasteiger partial charge < -0.3 is 20.1 Å². The van der Waals surface area contributed by atoms with Crippen molar-refractivity contribution in [2.24, 2.45) is 0 Å². The van der Waals surface area contributed by atoms with Crippen molar-refractivity contribution >= 4 is 34.3 Å². The van der Waals surface area contributed by atoms with Crippen LogP contribution in [0.3, 0.4) is 0 Å². The minimum absolute atomic E-state index is 0.0444. The number of anilines is 1. The molecule has 0 saturated carbocycles. The molecule has 2 amide bonds. The lowest BCUT2D eigenvalue weighted by molar-refractivity contribution is -0.125. The summed E-state index contributed by atoms with van der Waals surface area (Å²) in [6.07, 6.45) is 0.642. The number of nitrogens with one attached hydrogen (secondary N) is 2. The van der Waals surface area contributed by atoms with Gasteiger partial charge in [0.1, 0.15) is 5.75 Å². The lowest BCUT2D eigenvalue weighted by atomic mass is 10.0. The molecule has 2 N–H and O–H groups in total. The third kappa shape index (κ3) is 4.37. The van der Waals surface area contributed by atoms with Crippen molar-refractivity contribution in [2.75, 3.05) is 18.5 Å². The van der Waals surface area contributed by atoms with E-state index in [2.05, 4.69) is 15.6 Å². The molecule has 0 aliphatic carbocycles. The zero-order valence-electron chi connectivity index (χ0n) is 14.0. The Kier molecular flexibility index (Phi) is 5.47. The van der Waals surface area contributed by atoms with Crippen LogP contribution in [-0.2, 0) is 14.3 Å². The number of esters is 1. The van der Waals surface area contributed by atoms with Crippen molar-refractivity contribution in [2.45, 2.75) is 19.4 Å². The molecule has 26 heavy (non-hydrogen) atoms. The van der Waals surface area contributed by atoms with Crippen LogP contribution in [-0.4, -0.2) is 36.0 Å². The summed E-state index contributed by atoms with van der Waals surface area (Å²) in [5.74, 6) is -0.665. The van der Waals surface area contributed by atoms with Crippen LogP contribution in [0.15, 0.2) is 29.6 Å². The normalized spacial score (nSPS) is 15.3. The number of hydrogen-bond donors (Lipinski definition) is 2. The Morgan fingerprint density at radius 1 is 1.35 bits per heavy atom. The van der Waals surface area contributed by atoms with Gasteiger partial charge in [-0.05, 0) is 6.07 Å². The maximum absolute atomic E-state index is 12.1. The van der Waals surface area contributed by atoms with E-state index in [4.69, 9.17) is 9.47 Å². The van der Waals surface area contributed by atoms with E-state index in [0.29, 0.717) is 18.2 Å². The fraction of sp³-hybridized carbons (Fsp3) is 0.294. The average Bonchev–Trinajstić information content (AvgIpc) is 3.08. The molecule has 1 aliphatic rings. The molecule has 1 aromatic heterocycles. The van der Waals surface area contributed by atoms with Gasteiger partial charge >= 0.3 is 5.97 Å². The van der Waals surface area contributed by atoms with Crippen LogP contribution in [0.1, 0.15) is 35.4 Å². The number of carbonyl (C=O) groups is 3. The Labute approximate surface area is 153 Å². The first kappa shape index (κ1) is 17.9. The van der Waals surface area contributed by atoms with Crippen LogP contribution in [0.2, 0.25) is 0 Å². The van der Waals surface area contributed by atoms with Crippen LogP contribution in [0.5, 0.6) is 5.75 Å². The summed E-state index contributed by atoms with van der Waals surface area (Å²) in [5, 5.41) is 7.08. The van der Waals surface area contributed by atoms with E-state index in [0.717, 1.165) is 22.6 Å². The highest BCUT2D eigenvalue weighted by molar-refractivity contribution is 7.14. The predicted molar refractivity (Wildman–Crippen MR) is 94.1 cm³/mol. The van der Waals surface area contributed by atoms with E-state index in [9.17, 15) is 14.4 Å². The zero-order chi connectivity index (χ0) is 18.5. The quantitative estimate of drug-likeness (QED) is 0.773. The summed E-state index contributed by atoms with van der Waals surface area (Å²) >= 11 is 1.10. The van der Waals surface area contributed by atoms with Crippen molar-refractivity contribution in [3.05, 3.63) is 40.9 Å². The minimum atomic E-state index is -0.722. The predicted octanol–water partition coefficient (Wildman–Crippen LogP) is 1.90. The third-order valence-electron chi connectivity index (χ3n) is 3.62. The molecule has 0 saturated heterocycles. The van der Waals surface area contributed by atoms with Gasteiger partial charge in [-0.15, -0.1) is 11.3 Å². The van der Waals surface area contributed by atoms with Gasteiger partial charge in [-0.2, -0.15) is 0 Å². The number of para-hydroxylation sites is 1. The number of fused-ring (bicyclic) bond motifs is 1. The Balaban J connectivity index is 1.52. The first-order valence-corrected chi connectivity index (χ1v) is 8.82. The van der Waals surface area contributed by atoms with E-state index < -0.39 is 18.5 Å². The number of amides is 2. The monoisotopic (exact) mass is 375 g/mol. The van der Waals surface area contributed by atoms with Gasteiger partial charge in [0, 0.05) is 24.3 Å². The van der Waals surface area contributed by atoms with Gasteiger partial charge in [0.05, 0.1) is 12.6 Å². The van der Waals surface area contributed by atoms with Gasteiger partial charge in [-0.3, -0.25) is 9.59 Å². The maximum Gasteiger partial charge on any atom is 0.358 e. The van der Waals surface area contributed by atoms with Crippen molar-refractivity contribution in [3.8, 4) is 5.75 Å². The standard InChI is InChI=1S/C17H17N3O5S/c1-10(21)18-17-20-13(9-26-17)16(23)25-8-15(22)19-12-6-7-24-14-5-3-2-4-11(12)14/h2-5,9,12H,6-8H2,1H3,(H,19,22)(H,18,20,21). The molecule has 1 unspecified atom stereocenters. The summed E-state index contributed by atoms with van der Waals surface area (Å²) in [7, 11) is 0. The molecule has 1 atom stereocenters. The summed E-state index contributed by atoms with van der Waals surface area (Å²) in [4.78, 5) is 39.0. The van der Waals surface area contributed by atoms with Crippen LogP contribution in [0, 0.1) is 0 Å². The first-order chi connectivity index (χ1) is 12.5. The number of thiazole rings is 1. The second kappa shape index (κ2) is 7.96. The lowest BCUT2D eigenvalue weighted by Crippen LogP contribution is -2.35. The number of hydrogen-bond acceptors (Lipinski definition) is 7. The molecule has 3 rings (SSSR count). The molecule has 0 fully saturated rings. The third-order valence-corrected chi connectivity index (χ3v) is 4.38.